The lowest BCUT2D eigenvalue weighted by atomic mass is 10.1. The van der Waals surface area contributed by atoms with Gasteiger partial charge in [0.15, 0.2) is 6.61 Å². The maximum atomic E-state index is 11.0. The molecule has 0 bridgehead atoms. The standard InChI is InChI=1S/C14H21NO3/c1-5-15-11(3)12-6-7-13(10(2)8-12)18-9-14(16)17-4/h6-8,11,15H,5,9H2,1-4H3. The highest BCUT2D eigenvalue weighted by Gasteiger charge is 2.08. The van der Waals surface area contributed by atoms with Crippen molar-refractivity contribution in [2.24, 2.45) is 0 Å². The SMILES string of the molecule is CCNC(C)c1ccc(OCC(=O)OC)c(C)c1. The largest absolute Gasteiger partial charge is 0.482 e. The quantitative estimate of drug-likeness (QED) is 0.787. The van der Waals surface area contributed by atoms with Gasteiger partial charge >= 0.3 is 5.97 Å². The van der Waals surface area contributed by atoms with Gasteiger partial charge in [-0.15, -0.1) is 0 Å². The molecule has 100 valence electrons. The molecule has 0 aliphatic heterocycles. The lowest BCUT2D eigenvalue weighted by Gasteiger charge is -2.15. The highest BCUT2D eigenvalue weighted by molar-refractivity contribution is 5.70. The molecule has 0 saturated heterocycles. The van der Waals surface area contributed by atoms with E-state index in [0.29, 0.717) is 11.8 Å². The minimum Gasteiger partial charge on any atom is -0.482 e. The Morgan fingerprint density at radius 1 is 1.44 bits per heavy atom. The molecule has 1 rings (SSSR count). The van der Waals surface area contributed by atoms with E-state index >= 15 is 0 Å². The maximum Gasteiger partial charge on any atom is 0.343 e. The highest BCUT2D eigenvalue weighted by Crippen LogP contribution is 2.22. The van der Waals surface area contributed by atoms with E-state index in [1.165, 1.54) is 12.7 Å². The van der Waals surface area contributed by atoms with Crippen molar-refractivity contribution in [2.75, 3.05) is 20.3 Å². The van der Waals surface area contributed by atoms with Gasteiger partial charge in [0.1, 0.15) is 5.75 Å². The fourth-order valence-corrected chi connectivity index (χ4v) is 1.72. The molecule has 0 fully saturated rings. The van der Waals surface area contributed by atoms with Crippen molar-refractivity contribution in [1.82, 2.24) is 5.32 Å². The van der Waals surface area contributed by atoms with Crippen molar-refractivity contribution < 1.29 is 14.3 Å². The molecule has 0 aliphatic carbocycles. The van der Waals surface area contributed by atoms with Crippen molar-refractivity contribution >= 4 is 5.97 Å². The molecular weight excluding hydrogens is 230 g/mol. The van der Waals surface area contributed by atoms with Gasteiger partial charge in [0.05, 0.1) is 7.11 Å². The van der Waals surface area contributed by atoms with E-state index < -0.39 is 0 Å². The molecule has 0 aromatic heterocycles. The average Bonchev–Trinajstić information content (AvgIpc) is 2.37. The molecular formula is C14H21NO3. The third-order valence-corrected chi connectivity index (χ3v) is 2.78. The summed E-state index contributed by atoms with van der Waals surface area (Å²) in [4.78, 5) is 11.0. The second kappa shape index (κ2) is 7.01. The Hall–Kier alpha value is -1.55. The molecule has 0 amide bonds. The van der Waals surface area contributed by atoms with E-state index in [4.69, 9.17) is 4.74 Å². The number of rotatable bonds is 6. The molecule has 0 saturated carbocycles. The summed E-state index contributed by atoms with van der Waals surface area (Å²) in [6.45, 7) is 7.04. The molecule has 4 nitrogen and oxygen atoms in total. The van der Waals surface area contributed by atoms with Crippen molar-refractivity contribution in [3.05, 3.63) is 29.3 Å². The summed E-state index contributed by atoms with van der Waals surface area (Å²) in [5.41, 5.74) is 2.22. The Kier molecular flexibility index (Phi) is 5.65. The van der Waals surface area contributed by atoms with Crippen molar-refractivity contribution in [2.45, 2.75) is 26.8 Å². The summed E-state index contributed by atoms with van der Waals surface area (Å²) in [7, 11) is 1.35. The number of carbonyl (C=O) groups excluding carboxylic acids is 1. The van der Waals surface area contributed by atoms with E-state index in [9.17, 15) is 4.79 Å². The molecule has 1 aromatic rings. The molecule has 1 aromatic carbocycles. The van der Waals surface area contributed by atoms with Crippen LogP contribution in [0.1, 0.15) is 31.0 Å². The van der Waals surface area contributed by atoms with E-state index in [2.05, 4.69) is 30.0 Å². The van der Waals surface area contributed by atoms with Crippen LogP contribution in [0.3, 0.4) is 0 Å². The highest BCUT2D eigenvalue weighted by atomic mass is 16.6. The van der Waals surface area contributed by atoms with Crippen LogP contribution in [0.5, 0.6) is 5.75 Å². The van der Waals surface area contributed by atoms with Crippen LogP contribution >= 0.6 is 0 Å². The molecule has 1 N–H and O–H groups in total. The number of hydrogen-bond acceptors (Lipinski definition) is 4. The molecule has 1 unspecified atom stereocenters. The molecule has 18 heavy (non-hydrogen) atoms. The van der Waals surface area contributed by atoms with Crippen molar-refractivity contribution in [3.63, 3.8) is 0 Å². The van der Waals surface area contributed by atoms with Gasteiger partial charge < -0.3 is 14.8 Å². The van der Waals surface area contributed by atoms with Crippen LogP contribution in [0.2, 0.25) is 0 Å². The zero-order valence-electron chi connectivity index (χ0n) is 11.4. The summed E-state index contributed by atoms with van der Waals surface area (Å²) in [5, 5.41) is 3.35. The second-order valence-electron chi connectivity index (χ2n) is 4.17. The molecule has 1 atom stereocenters. The predicted molar refractivity (Wildman–Crippen MR) is 70.8 cm³/mol. The van der Waals surface area contributed by atoms with Gasteiger partial charge in [-0.05, 0) is 37.6 Å². The number of aryl methyl sites for hydroxylation is 1. The number of methoxy groups -OCH3 is 1. The number of carbonyl (C=O) groups is 1. The molecule has 4 heteroatoms. The molecule has 0 radical (unpaired) electrons. The van der Waals surface area contributed by atoms with Crippen LogP contribution in [0.15, 0.2) is 18.2 Å². The first-order chi connectivity index (χ1) is 8.58. The summed E-state index contributed by atoms with van der Waals surface area (Å²) < 4.78 is 9.92. The smallest absolute Gasteiger partial charge is 0.343 e. The van der Waals surface area contributed by atoms with Gasteiger partial charge in [-0.2, -0.15) is 0 Å². The van der Waals surface area contributed by atoms with Gasteiger partial charge in [-0.3, -0.25) is 0 Å². The zero-order valence-corrected chi connectivity index (χ0v) is 11.4. The maximum absolute atomic E-state index is 11.0. The number of benzene rings is 1. The summed E-state index contributed by atoms with van der Waals surface area (Å²) in [6, 6.07) is 6.28. The summed E-state index contributed by atoms with van der Waals surface area (Å²) in [6.07, 6.45) is 0. The van der Waals surface area contributed by atoms with Crippen molar-refractivity contribution in [3.8, 4) is 5.75 Å². The van der Waals surface area contributed by atoms with Crippen LogP contribution < -0.4 is 10.1 Å². The van der Waals surface area contributed by atoms with Gasteiger partial charge in [0.2, 0.25) is 0 Å². The number of ether oxygens (including phenoxy) is 2. The first kappa shape index (κ1) is 14.5. The normalized spacial score (nSPS) is 12.0. The van der Waals surface area contributed by atoms with Crippen LogP contribution in [0.4, 0.5) is 0 Å². The van der Waals surface area contributed by atoms with Crippen LogP contribution in [-0.4, -0.2) is 26.2 Å². The average molecular weight is 251 g/mol. The van der Waals surface area contributed by atoms with Crippen molar-refractivity contribution in [1.29, 1.82) is 0 Å². The second-order valence-corrected chi connectivity index (χ2v) is 4.17. The zero-order chi connectivity index (χ0) is 13.5. The van der Waals surface area contributed by atoms with Gasteiger partial charge in [0.25, 0.3) is 0 Å². The van der Waals surface area contributed by atoms with E-state index in [-0.39, 0.29) is 12.6 Å². The number of nitrogens with one attached hydrogen (secondary N) is 1. The third-order valence-electron chi connectivity index (χ3n) is 2.78. The van der Waals surface area contributed by atoms with E-state index in [1.54, 1.807) is 0 Å². The third kappa shape index (κ3) is 4.04. The van der Waals surface area contributed by atoms with Gasteiger partial charge in [-0.1, -0.05) is 19.1 Å². The van der Waals surface area contributed by atoms with Crippen LogP contribution in [-0.2, 0) is 9.53 Å². The minimum absolute atomic E-state index is 0.0561. The predicted octanol–water partition coefficient (Wildman–Crippen LogP) is 2.22. The fourth-order valence-electron chi connectivity index (χ4n) is 1.72. The molecule has 0 aliphatic rings. The Balaban J connectivity index is 2.70. The summed E-state index contributed by atoms with van der Waals surface area (Å²) >= 11 is 0. The van der Waals surface area contributed by atoms with Crippen LogP contribution in [0, 0.1) is 6.92 Å². The topological polar surface area (TPSA) is 47.6 Å². The first-order valence-electron chi connectivity index (χ1n) is 6.12. The first-order valence-corrected chi connectivity index (χ1v) is 6.12. The van der Waals surface area contributed by atoms with E-state index in [1.807, 2.05) is 19.1 Å². The lowest BCUT2D eigenvalue weighted by molar-refractivity contribution is -0.142. The molecule has 0 spiro atoms. The van der Waals surface area contributed by atoms with Gasteiger partial charge in [0, 0.05) is 6.04 Å². The Morgan fingerprint density at radius 2 is 2.17 bits per heavy atom. The Bertz CT molecular complexity index is 404. The minimum atomic E-state index is -0.375. The number of hydrogen-bond donors (Lipinski definition) is 1. The Labute approximate surface area is 108 Å². The van der Waals surface area contributed by atoms with E-state index in [0.717, 1.165) is 12.1 Å². The Morgan fingerprint density at radius 3 is 2.72 bits per heavy atom. The monoisotopic (exact) mass is 251 g/mol. The number of esters is 1. The fraction of sp³-hybridized carbons (Fsp3) is 0.500. The lowest BCUT2D eigenvalue weighted by Crippen LogP contribution is -2.18. The summed E-state index contributed by atoms with van der Waals surface area (Å²) in [5.74, 6) is 0.340. The molecule has 0 heterocycles. The van der Waals surface area contributed by atoms with Crippen LogP contribution in [0.25, 0.3) is 0 Å². The van der Waals surface area contributed by atoms with Gasteiger partial charge in [-0.25, -0.2) is 4.79 Å².